The number of thiazole rings is 1. The monoisotopic (exact) mass is 325 g/mol. The summed E-state index contributed by atoms with van der Waals surface area (Å²) in [7, 11) is 0. The van der Waals surface area contributed by atoms with Crippen molar-refractivity contribution >= 4 is 44.2 Å². The molecule has 0 atom stereocenters. The molecule has 2 heterocycles. The van der Waals surface area contributed by atoms with Crippen molar-refractivity contribution in [3.05, 3.63) is 63.7 Å². The number of hydrogen-bond donors (Lipinski definition) is 0. The number of rotatable bonds is 2. The first-order chi connectivity index (χ1) is 11.1. The molecule has 0 saturated heterocycles. The highest BCUT2D eigenvalue weighted by Gasteiger charge is 2.43. The molecular formula is C15H7N3O4S. The highest BCUT2D eigenvalue weighted by atomic mass is 32.1. The van der Waals surface area contributed by atoms with E-state index in [4.69, 9.17) is 0 Å². The topological polar surface area (TPSA) is 93.4 Å². The average Bonchev–Trinajstić information content (AvgIpc) is 3.07. The van der Waals surface area contributed by atoms with E-state index in [1.807, 2.05) is 12.1 Å². The van der Waals surface area contributed by atoms with Crippen molar-refractivity contribution in [3.63, 3.8) is 0 Å². The number of carbonyl (C=O) groups excluding carboxylic acids is 2. The van der Waals surface area contributed by atoms with E-state index < -0.39 is 16.7 Å². The number of nitro benzene ring substituents is 1. The third-order valence-electron chi connectivity index (χ3n) is 3.56. The standard InChI is InChI=1S/C15H7N3O4S/c19-13-8-4-3-6-10(18(21)22)12(8)14(20)17(13)15-16-9-5-1-2-7-11(9)23-15/h1-7H. The van der Waals surface area contributed by atoms with Crippen molar-refractivity contribution in [2.24, 2.45) is 0 Å². The molecular weight excluding hydrogens is 318 g/mol. The number of para-hydroxylation sites is 1. The van der Waals surface area contributed by atoms with Crippen LogP contribution in [0.15, 0.2) is 42.5 Å². The number of hydrogen-bond acceptors (Lipinski definition) is 6. The molecule has 4 rings (SSSR count). The van der Waals surface area contributed by atoms with E-state index in [1.54, 1.807) is 12.1 Å². The molecule has 1 aliphatic heterocycles. The molecule has 2 aromatic carbocycles. The van der Waals surface area contributed by atoms with Crippen molar-refractivity contribution in [1.82, 2.24) is 4.98 Å². The van der Waals surface area contributed by atoms with Gasteiger partial charge in [-0.1, -0.05) is 29.5 Å². The summed E-state index contributed by atoms with van der Waals surface area (Å²) in [6, 6.07) is 11.3. The highest BCUT2D eigenvalue weighted by molar-refractivity contribution is 7.22. The Morgan fingerprint density at radius 2 is 1.83 bits per heavy atom. The fraction of sp³-hybridized carbons (Fsp3) is 0. The Bertz CT molecular complexity index is 978. The lowest BCUT2D eigenvalue weighted by atomic mass is 10.1. The second-order valence-electron chi connectivity index (χ2n) is 4.87. The lowest BCUT2D eigenvalue weighted by molar-refractivity contribution is -0.385. The van der Waals surface area contributed by atoms with Crippen molar-refractivity contribution in [2.45, 2.75) is 0 Å². The van der Waals surface area contributed by atoms with Gasteiger partial charge in [0, 0.05) is 6.07 Å². The van der Waals surface area contributed by atoms with Gasteiger partial charge in [0.25, 0.3) is 17.5 Å². The summed E-state index contributed by atoms with van der Waals surface area (Å²) >= 11 is 1.19. The zero-order valence-electron chi connectivity index (χ0n) is 11.4. The minimum Gasteiger partial charge on any atom is -0.268 e. The molecule has 0 N–H and O–H groups in total. The number of imide groups is 1. The molecule has 112 valence electrons. The lowest BCUT2D eigenvalue weighted by Gasteiger charge is -2.08. The summed E-state index contributed by atoms with van der Waals surface area (Å²) in [5.41, 5.74) is 0.147. The number of benzene rings is 2. The van der Waals surface area contributed by atoms with E-state index in [0.717, 1.165) is 9.60 Å². The molecule has 8 heteroatoms. The molecule has 2 amide bonds. The van der Waals surface area contributed by atoms with Crippen LogP contribution in [0.1, 0.15) is 20.7 Å². The van der Waals surface area contributed by atoms with Crippen molar-refractivity contribution in [1.29, 1.82) is 0 Å². The Morgan fingerprint density at radius 3 is 2.57 bits per heavy atom. The van der Waals surface area contributed by atoms with E-state index in [1.165, 1.54) is 29.5 Å². The third kappa shape index (κ3) is 1.85. The normalized spacial score (nSPS) is 13.7. The van der Waals surface area contributed by atoms with Crippen LogP contribution in [0.25, 0.3) is 10.2 Å². The van der Waals surface area contributed by atoms with Gasteiger partial charge < -0.3 is 0 Å². The number of fused-ring (bicyclic) bond motifs is 2. The van der Waals surface area contributed by atoms with Gasteiger partial charge in [-0.2, -0.15) is 0 Å². The molecule has 0 fully saturated rings. The first-order valence-corrected chi connectivity index (χ1v) is 7.41. The third-order valence-corrected chi connectivity index (χ3v) is 4.59. The molecule has 3 aromatic rings. The van der Waals surface area contributed by atoms with Crippen LogP contribution < -0.4 is 4.90 Å². The maximum Gasteiger partial charge on any atom is 0.283 e. The molecule has 0 bridgehead atoms. The molecule has 23 heavy (non-hydrogen) atoms. The lowest BCUT2D eigenvalue weighted by Crippen LogP contribution is -2.29. The van der Waals surface area contributed by atoms with Gasteiger partial charge in [0.2, 0.25) is 5.13 Å². The molecule has 1 aliphatic rings. The summed E-state index contributed by atoms with van der Waals surface area (Å²) in [5, 5.41) is 11.3. The van der Waals surface area contributed by atoms with Crippen molar-refractivity contribution in [3.8, 4) is 0 Å². The number of amides is 2. The smallest absolute Gasteiger partial charge is 0.268 e. The predicted octanol–water partition coefficient (Wildman–Crippen LogP) is 3.01. The molecule has 0 saturated carbocycles. The number of nitro groups is 1. The summed E-state index contributed by atoms with van der Waals surface area (Å²) in [5.74, 6) is -1.30. The summed E-state index contributed by atoms with van der Waals surface area (Å²) in [6.45, 7) is 0. The van der Waals surface area contributed by atoms with Crippen LogP contribution in [0, 0.1) is 10.1 Å². The van der Waals surface area contributed by atoms with E-state index in [2.05, 4.69) is 4.98 Å². The van der Waals surface area contributed by atoms with Gasteiger partial charge in [0.1, 0.15) is 5.56 Å². The molecule has 0 unspecified atom stereocenters. The maximum absolute atomic E-state index is 12.6. The molecule has 0 aliphatic carbocycles. The van der Waals surface area contributed by atoms with Gasteiger partial charge in [-0.25, -0.2) is 9.88 Å². The number of aromatic nitrogens is 1. The Morgan fingerprint density at radius 1 is 1.04 bits per heavy atom. The zero-order chi connectivity index (χ0) is 16.1. The van der Waals surface area contributed by atoms with Gasteiger partial charge in [0.05, 0.1) is 20.7 Å². The summed E-state index contributed by atoms with van der Waals surface area (Å²) < 4.78 is 0.827. The van der Waals surface area contributed by atoms with Gasteiger partial charge in [-0.15, -0.1) is 0 Å². The van der Waals surface area contributed by atoms with Crippen LogP contribution in [0.3, 0.4) is 0 Å². The minimum absolute atomic E-state index is 0.0310. The van der Waals surface area contributed by atoms with Gasteiger partial charge in [0.15, 0.2) is 0 Å². The summed E-state index contributed by atoms with van der Waals surface area (Å²) in [6.07, 6.45) is 0. The Labute approximate surface area is 132 Å². The number of anilines is 1. The highest BCUT2D eigenvalue weighted by Crippen LogP contribution is 2.37. The maximum atomic E-state index is 12.6. The van der Waals surface area contributed by atoms with E-state index in [0.29, 0.717) is 5.52 Å². The fourth-order valence-corrected chi connectivity index (χ4v) is 3.51. The van der Waals surface area contributed by atoms with E-state index in [-0.39, 0.29) is 21.9 Å². The molecule has 0 radical (unpaired) electrons. The minimum atomic E-state index is -0.712. The summed E-state index contributed by atoms with van der Waals surface area (Å²) in [4.78, 5) is 40.7. The molecule has 1 aromatic heterocycles. The SMILES string of the molecule is O=C1c2cccc([N+](=O)[O-])c2C(=O)N1c1nc2ccccc2s1. The van der Waals surface area contributed by atoms with E-state index in [9.17, 15) is 19.7 Å². The van der Waals surface area contributed by atoms with Crippen LogP contribution in [0.2, 0.25) is 0 Å². The number of carbonyl (C=O) groups is 2. The zero-order valence-corrected chi connectivity index (χ0v) is 12.2. The van der Waals surface area contributed by atoms with Gasteiger partial charge in [-0.05, 0) is 18.2 Å². The van der Waals surface area contributed by atoms with E-state index >= 15 is 0 Å². The largest absolute Gasteiger partial charge is 0.283 e. The Hall–Kier alpha value is -3.13. The van der Waals surface area contributed by atoms with Crippen LogP contribution in [-0.4, -0.2) is 21.7 Å². The first kappa shape index (κ1) is 13.5. The van der Waals surface area contributed by atoms with Gasteiger partial charge >= 0.3 is 0 Å². The van der Waals surface area contributed by atoms with Crippen LogP contribution in [-0.2, 0) is 0 Å². The fourth-order valence-electron chi connectivity index (χ4n) is 2.55. The number of nitrogens with zero attached hydrogens (tertiary/aromatic N) is 3. The van der Waals surface area contributed by atoms with Crippen molar-refractivity contribution in [2.75, 3.05) is 4.90 Å². The predicted molar refractivity (Wildman–Crippen MR) is 83.9 cm³/mol. The second kappa shape index (κ2) is 4.68. The Balaban J connectivity index is 1.89. The average molecular weight is 325 g/mol. The Kier molecular flexibility index (Phi) is 2.75. The van der Waals surface area contributed by atoms with Crippen LogP contribution in [0.5, 0.6) is 0 Å². The van der Waals surface area contributed by atoms with Crippen LogP contribution >= 0.6 is 11.3 Å². The van der Waals surface area contributed by atoms with Crippen LogP contribution in [0.4, 0.5) is 10.8 Å². The first-order valence-electron chi connectivity index (χ1n) is 6.59. The van der Waals surface area contributed by atoms with Crippen molar-refractivity contribution < 1.29 is 14.5 Å². The molecule has 7 nitrogen and oxygen atoms in total. The van der Waals surface area contributed by atoms with Gasteiger partial charge in [-0.3, -0.25) is 19.7 Å². The quantitative estimate of drug-likeness (QED) is 0.410. The molecule has 0 spiro atoms. The second-order valence-corrected chi connectivity index (χ2v) is 5.88.